The molecule has 0 aromatic carbocycles. The van der Waals surface area contributed by atoms with E-state index in [1.165, 1.54) is 5.57 Å². The van der Waals surface area contributed by atoms with Crippen LogP contribution in [0.15, 0.2) is 24.0 Å². The fraction of sp³-hybridized carbons (Fsp3) is 0.429. The summed E-state index contributed by atoms with van der Waals surface area (Å²) in [6.07, 6.45) is 7.49. The average molecular weight is 109 g/mol. The molecule has 0 aromatic rings. The smallest absolute Gasteiger partial charge is 0.0106 e. The highest BCUT2D eigenvalue weighted by Crippen LogP contribution is 2.07. The topological polar surface area (TPSA) is 3.24 Å². The monoisotopic (exact) mass is 109 g/mol. The lowest BCUT2D eigenvalue weighted by atomic mass is 10.2. The van der Waals surface area contributed by atoms with Crippen LogP contribution in [0.4, 0.5) is 0 Å². The first-order chi connectivity index (χ1) is 3.79. The van der Waals surface area contributed by atoms with Gasteiger partial charge in [-0.05, 0) is 19.5 Å². The van der Waals surface area contributed by atoms with Crippen molar-refractivity contribution in [3.8, 4) is 0 Å². The van der Waals surface area contributed by atoms with E-state index in [2.05, 4.69) is 30.3 Å². The molecule has 0 atom stereocenters. The van der Waals surface area contributed by atoms with Crippen molar-refractivity contribution in [2.45, 2.75) is 13.3 Å². The third kappa shape index (κ3) is 1.12. The van der Waals surface area contributed by atoms with Crippen molar-refractivity contribution >= 4 is 0 Å². The maximum absolute atomic E-state index is 2.16. The second-order valence-electron chi connectivity index (χ2n) is 2.23. The van der Waals surface area contributed by atoms with Crippen LogP contribution in [0, 0.1) is 0 Å². The van der Waals surface area contributed by atoms with Gasteiger partial charge in [0.25, 0.3) is 0 Å². The molecule has 0 saturated heterocycles. The minimum absolute atomic E-state index is 1.12. The van der Waals surface area contributed by atoms with Crippen molar-refractivity contribution in [1.82, 2.24) is 4.90 Å². The summed E-state index contributed by atoms with van der Waals surface area (Å²) < 4.78 is 0. The molecule has 0 N–H and O–H groups in total. The molecule has 0 amide bonds. The Hall–Kier alpha value is -0.720. The van der Waals surface area contributed by atoms with Crippen LogP contribution in [0.25, 0.3) is 0 Å². The van der Waals surface area contributed by atoms with Crippen LogP contribution >= 0.6 is 0 Å². The molecule has 0 bridgehead atoms. The second-order valence-corrected chi connectivity index (χ2v) is 2.23. The highest BCUT2D eigenvalue weighted by molar-refractivity contribution is 5.09. The number of nitrogens with zero attached hydrogens (tertiary/aromatic N) is 1. The summed E-state index contributed by atoms with van der Waals surface area (Å²) in [6, 6.07) is 0. The lowest BCUT2D eigenvalue weighted by molar-refractivity contribution is 0.603. The van der Waals surface area contributed by atoms with Crippen molar-refractivity contribution in [2.24, 2.45) is 0 Å². The molecule has 0 spiro atoms. The first kappa shape index (κ1) is 5.42. The summed E-state index contributed by atoms with van der Waals surface area (Å²) in [5, 5.41) is 0. The van der Waals surface area contributed by atoms with Gasteiger partial charge < -0.3 is 4.90 Å². The Morgan fingerprint density at radius 3 is 2.75 bits per heavy atom. The van der Waals surface area contributed by atoms with Gasteiger partial charge in [-0.15, -0.1) is 0 Å². The maximum Gasteiger partial charge on any atom is 0.0106 e. The van der Waals surface area contributed by atoms with Gasteiger partial charge in [-0.1, -0.05) is 11.6 Å². The zero-order chi connectivity index (χ0) is 5.98. The van der Waals surface area contributed by atoms with Gasteiger partial charge >= 0.3 is 0 Å². The Balaban J connectivity index is 2.60. The van der Waals surface area contributed by atoms with Crippen LogP contribution in [-0.2, 0) is 0 Å². The van der Waals surface area contributed by atoms with Gasteiger partial charge in [0.2, 0.25) is 0 Å². The summed E-state index contributed by atoms with van der Waals surface area (Å²) >= 11 is 0. The van der Waals surface area contributed by atoms with Crippen molar-refractivity contribution in [3.63, 3.8) is 0 Å². The Morgan fingerprint density at radius 1 is 1.62 bits per heavy atom. The van der Waals surface area contributed by atoms with E-state index in [9.17, 15) is 0 Å². The fourth-order valence-corrected chi connectivity index (χ4v) is 0.848. The van der Waals surface area contributed by atoms with E-state index in [0.717, 1.165) is 6.42 Å². The van der Waals surface area contributed by atoms with Crippen molar-refractivity contribution in [2.75, 3.05) is 7.05 Å². The molecule has 0 aliphatic carbocycles. The quantitative estimate of drug-likeness (QED) is 0.458. The molecule has 1 heteroatoms. The normalized spacial score (nSPS) is 18.8. The molecule has 0 aromatic heterocycles. The molecule has 8 heavy (non-hydrogen) atoms. The Kier molecular flexibility index (Phi) is 1.38. The Bertz CT molecular complexity index is 133. The number of rotatable bonds is 0. The summed E-state index contributed by atoms with van der Waals surface area (Å²) in [5.41, 5.74) is 1.43. The van der Waals surface area contributed by atoms with Gasteiger partial charge in [0, 0.05) is 13.2 Å². The second kappa shape index (κ2) is 2.03. The molecule has 0 saturated carbocycles. The lowest BCUT2D eigenvalue weighted by Gasteiger charge is -2.13. The van der Waals surface area contributed by atoms with E-state index in [-0.39, 0.29) is 0 Å². The van der Waals surface area contributed by atoms with Gasteiger partial charge in [0.05, 0.1) is 0 Å². The van der Waals surface area contributed by atoms with E-state index < -0.39 is 0 Å². The number of hydrogen-bond acceptors (Lipinski definition) is 1. The van der Waals surface area contributed by atoms with Crippen LogP contribution in [0.2, 0.25) is 0 Å². The van der Waals surface area contributed by atoms with E-state index in [0.29, 0.717) is 0 Å². The molecule has 1 aliphatic heterocycles. The Morgan fingerprint density at radius 2 is 2.38 bits per heavy atom. The van der Waals surface area contributed by atoms with Crippen molar-refractivity contribution in [3.05, 3.63) is 24.0 Å². The van der Waals surface area contributed by atoms with Crippen LogP contribution in [0.3, 0.4) is 0 Å². The van der Waals surface area contributed by atoms with Gasteiger partial charge in [-0.3, -0.25) is 0 Å². The molecular formula is C7H11N. The van der Waals surface area contributed by atoms with Gasteiger partial charge in [-0.2, -0.15) is 0 Å². The van der Waals surface area contributed by atoms with Crippen LogP contribution in [0.5, 0.6) is 0 Å². The maximum atomic E-state index is 2.16. The van der Waals surface area contributed by atoms with Crippen molar-refractivity contribution in [1.29, 1.82) is 0 Å². The van der Waals surface area contributed by atoms with E-state index in [1.54, 1.807) is 0 Å². The van der Waals surface area contributed by atoms with Gasteiger partial charge in [0.1, 0.15) is 0 Å². The predicted octanol–water partition coefficient (Wildman–Crippen LogP) is 1.74. The molecule has 1 aliphatic rings. The van der Waals surface area contributed by atoms with Crippen LogP contribution in [0.1, 0.15) is 13.3 Å². The Labute approximate surface area is 50.3 Å². The van der Waals surface area contributed by atoms with E-state index >= 15 is 0 Å². The lowest BCUT2D eigenvalue weighted by Crippen LogP contribution is -2.04. The first-order valence-corrected chi connectivity index (χ1v) is 2.85. The van der Waals surface area contributed by atoms with Gasteiger partial charge in [-0.25, -0.2) is 0 Å². The molecule has 0 fully saturated rings. The largest absolute Gasteiger partial charge is 0.358 e. The molecule has 0 unspecified atom stereocenters. The minimum Gasteiger partial charge on any atom is -0.358 e. The summed E-state index contributed by atoms with van der Waals surface area (Å²) in [7, 11) is 2.04. The summed E-state index contributed by atoms with van der Waals surface area (Å²) in [4.78, 5) is 2.07. The molecule has 1 nitrogen and oxygen atoms in total. The highest BCUT2D eigenvalue weighted by Gasteiger charge is 1.92. The predicted molar refractivity (Wildman–Crippen MR) is 35.3 cm³/mol. The molecule has 44 valence electrons. The zero-order valence-electron chi connectivity index (χ0n) is 5.39. The SMILES string of the molecule is CC1=CN(C)C=CC1. The highest BCUT2D eigenvalue weighted by atomic mass is 15.0. The zero-order valence-corrected chi connectivity index (χ0v) is 5.39. The minimum atomic E-state index is 1.12. The first-order valence-electron chi connectivity index (χ1n) is 2.85. The van der Waals surface area contributed by atoms with Crippen LogP contribution in [-0.4, -0.2) is 11.9 Å². The molecule has 1 heterocycles. The van der Waals surface area contributed by atoms with Crippen molar-refractivity contribution < 1.29 is 0 Å². The number of hydrogen-bond donors (Lipinski definition) is 0. The molecular weight excluding hydrogens is 98.1 g/mol. The van der Waals surface area contributed by atoms with Crippen LogP contribution < -0.4 is 0 Å². The number of allylic oxidation sites excluding steroid dienone is 2. The third-order valence-electron chi connectivity index (χ3n) is 1.20. The van der Waals surface area contributed by atoms with Gasteiger partial charge in [0.15, 0.2) is 0 Å². The fourth-order valence-electron chi connectivity index (χ4n) is 0.848. The summed E-state index contributed by atoms with van der Waals surface area (Å²) in [6.45, 7) is 2.14. The molecule has 1 rings (SSSR count). The van der Waals surface area contributed by atoms with E-state index in [1.807, 2.05) is 7.05 Å². The average Bonchev–Trinajstić information content (AvgIpc) is 1.64. The van der Waals surface area contributed by atoms with E-state index in [4.69, 9.17) is 0 Å². The molecule has 0 radical (unpaired) electrons. The third-order valence-corrected chi connectivity index (χ3v) is 1.20. The summed E-state index contributed by atoms with van der Waals surface area (Å²) in [5.74, 6) is 0. The standard InChI is InChI=1S/C7H11N/c1-7-4-3-5-8(2)6-7/h3,5-6H,4H2,1-2H3.